The zero-order valence-electron chi connectivity index (χ0n) is 11.1. The number of hydrogen-bond acceptors (Lipinski definition) is 2. The third-order valence-electron chi connectivity index (χ3n) is 2.46. The van der Waals surface area contributed by atoms with Gasteiger partial charge in [-0.3, -0.25) is 9.53 Å². The number of nitrogens with two attached hydrogens (primary N) is 1. The first kappa shape index (κ1) is 24.4. The minimum Gasteiger partial charge on any atom is -0.364 e. The van der Waals surface area contributed by atoms with Crippen LogP contribution in [-0.4, -0.2) is 48.0 Å². The van der Waals surface area contributed by atoms with Gasteiger partial charge in [0.2, 0.25) is 0 Å². The number of alkyl halides is 15. The standard InChI is InChI=1S/C8H2F15NO2/c9-2(1(24)25,6(16,17)18)26-8(22,23)5(14,15)3(10,11)4(12,13)7(19,20)21/h(H2,24,25). The predicted molar refractivity (Wildman–Crippen MR) is 46.0 cm³/mol. The van der Waals surface area contributed by atoms with Crippen molar-refractivity contribution >= 4 is 5.91 Å². The lowest BCUT2D eigenvalue weighted by atomic mass is 10.0. The highest BCUT2D eigenvalue weighted by Gasteiger charge is 2.89. The van der Waals surface area contributed by atoms with E-state index in [0.717, 1.165) is 0 Å². The molecular weight excluding hydrogens is 427 g/mol. The van der Waals surface area contributed by atoms with Crippen molar-refractivity contribution in [2.75, 3.05) is 0 Å². The molecule has 0 aliphatic rings. The number of ether oxygens (including phenoxy) is 1. The molecule has 0 saturated carbocycles. The van der Waals surface area contributed by atoms with Gasteiger partial charge in [0.05, 0.1) is 0 Å². The molecule has 0 aliphatic heterocycles. The summed E-state index contributed by atoms with van der Waals surface area (Å²) in [4.78, 5) is 10.2. The van der Waals surface area contributed by atoms with Gasteiger partial charge in [-0.05, 0) is 0 Å². The molecule has 2 N–H and O–H groups in total. The highest BCUT2D eigenvalue weighted by Crippen LogP contribution is 2.58. The van der Waals surface area contributed by atoms with Crippen molar-refractivity contribution < 1.29 is 75.4 Å². The summed E-state index contributed by atoms with van der Waals surface area (Å²) < 4.78 is 188. The van der Waals surface area contributed by atoms with Crippen LogP contribution in [0.15, 0.2) is 0 Å². The molecule has 0 aromatic rings. The molecular formula is C8H2F15NO2. The van der Waals surface area contributed by atoms with Crippen molar-refractivity contribution in [3.63, 3.8) is 0 Å². The molecule has 0 aliphatic carbocycles. The van der Waals surface area contributed by atoms with E-state index in [1.807, 2.05) is 0 Å². The van der Waals surface area contributed by atoms with Crippen LogP contribution in [0.5, 0.6) is 0 Å². The smallest absolute Gasteiger partial charge is 0.364 e. The number of hydrogen-bond donors (Lipinski definition) is 1. The fraction of sp³-hybridized carbons (Fsp3) is 0.875. The monoisotopic (exact) mass is 429 g/mol. The molecule has 0 rings (SSSR count). The molecule has 0 aromatic heterocycles. The second kappa shape index (κ2) is 5.95. The largest absolute Gasteiger partial charge is 0.460 e. The fourth-order valence-corrected chi connectivity index (χ4v) is 1.05. The van der Waals surface area contributed by atoms with Crippen LogP contribution in [0.2, 0.25) is 0 Å². The molecule has 0 radical (unpaired) electrons. The van der Waals surface area contributed by atoms with Gasteiger partial charge < -0.3 is 5.73 Å². The molecule has 0 bridgehead atoms. The van der Waals surface area contributed by atoms with E-state index in [-0.39, 0.29) is 0 Å². The van der Waals surface area contributed by atoms with Crippen molar-refractivity contribution in [3.05, 3.63) is 0 Å². The van der Waals surface area contributed by atoms with Crippen molar-refractivity contribution in [1.29, 1.82) is 0 Å². The van der Waals surface area contributed by atoms with E-state index in [1.165, 1.54) is 0 Å². The van der Waals surface area contributed by atoms with E-state index in [9.17, 15) is 70.7 Å². The van der Waals surface area contributed by atoms with Gasteiger partial charge in [-0.25, -0.2) is 0 Å². The van der Waals surface area contributed by atoms with E-state index in [1.54, 1.807) is 4.74 Å². The van der Waals surface area contributed by atoms with Gasteiger partial charge in [-0.2, -0.15) is 65.9 Å². The molecule has 26 heavy (non-hydrogen) atoms. The Bertz CT molecular complexity index is 549. The van der Waals surface area contributed by atoms with Gasteiger partial charge in [0.25, 0.3) is 5.91 Å². The van der Waals surface area contributed by atoms with Gasteiger partial charge >= 0.3 is 42.1 Å². The average Bonchev–Trinajstić information content (AvgIpc) is 2.34. The number of rotatable bonds is 6. The topological polar surface area (TPSA) is 52.3 Å². The van der Waals surface area contributed by atoms with Crippen LogP contribution in [0.3, 0.4) is 0 Å². The Hall–Kier alpha value is -1.62. The predicted octanol–water partition coefficient (Wildman–Crippen LogP) is 3.78. The van der Waals surface area contributed by atoms with Crippen molar-refractivity contribution in [1.82, 2.24) is 0 Å². The van der Waals surface area contributed by atoms with Crippen LogP contribution in [0.4, 0.5) is 65.9 Å². The summed E-state index contributed by atoms with van der Waals surface area (Å²) in [5, 5.41) is 0. The SMILES string of the molecule is NC(=O)C(F)(OC(F)(F)C(F)(F)C(F)(F)C(F)(F)C(F)(F)F)C(F)(F)F. The molecule has 0 fully saturated rings. The van der Waals surface area contributed by atoms with Gasteiger partial charge in [0, 0.05) is 0 Å². The van der Waals surface area contributed by atoms with Crippen LogP contribution in [0.25, 0.3) is 0 Å². The lowest BCUT2D eigenvalue weighted by Crippen LogP contribution is -2.69. The number of halogens is 15. The molecule has 1 unspecified atom stereocenters. The third kappa shape index (κ3) is 3.34. The van der Waals surface area contributed by atoms with E-state index in [4.69, 9.17) is 0 Å². The number of carbonyl (C=O) groups excluding carboxylic acids is 1. The number of amides is 1. The summed E-state index contributed by atoms with van der Waals surface area (Å²) >= 11 is 0. The van der Waals surface area contributed by atoms with E-state index in [0.29, 0.717) is 0 Å². The van der Waals surface area contributed by atoms with Gasteiger partial charge in [-0.15, -0.1) is 0 Å². The Morgan fingerprint density at radius 2 is 0.923 bits per heavy atom. The second-order valence-electron chi connectivity index (χ2n) is 4.30. The summed E-state index contributed by atoms with van der Waals surface area (Å²) in [6, 6.07) is 0. The summed E-state index contributed by atoms with van der Waals surface area (Å²) in [6.07, 6.45) is -22.4. The molecule has 3 nitrogen and oxygen atoms in total. The van der Waals surface area contributed by atoms with Crippen molar-refractivity contribution in [3.8, 4) is 0 Å². The van der Waals surface area contributed by atoms with Crippen molar-refractivity contribution in [2.24, 2.45) is 5.73 Å². The molecule has 1 amide bonds. The summed E-state index contributed by atoms with van der Waals surface area (Å²) in [7, 11) is 0. The van der Waals surface area contributed by atoms with Crippen LogP contribution < -0.4 is 5.73 Å². The molecule has 18 heteroatoms. The average molecular weight is 429 g/mol. The quantitative estimate of drug-likeness (QED) is 0.654. The first-order valence-electron chi connectivity index (χ1n) is 5.24. The van der Waals surface area contributed by atoms with Crippen molar-refractivity contribution in [2.45, 2.75) is 42.1 Å². The highest BCUT2D eigenvalue weighted by atomic mass is 19.4. The number of primary amides is 1. The summed E-state index contributed by atoms with van der Waals surface area (Å²) in [5.41, 5.74) is 3.62. The molecule has 0 heterocycles. The Balaban J connectivity index is 6.32. The summed E-state index contributed by atoms with van der Waals surface area (Å²) in [6.45, 7) is 0. The van der Waals surface area contributed by atoms with Gasteiger partial charge in [0.15, 0.2) is 0 Å². The number of carbonyl (C=O) groups is 1. The Morgan fingerprint density at radius 1 is 0.577 bits per heavy atom. The minimum atomic E-state index is -8.16. The lowest BCUT2D eigenvalue weighted by molar-refractivity contribution is -0.487. The highest BCUT2D eigenvalue weighted by molar-refractivity contribution is 5.82. The first-order valence-corrected chi connectivity index (χ1v) is 5.24. The van der Waals surface area contributed by atoms with Crippen LogP contribution in [0.1, 0.15) is 0 Å². The Morgan fingerprint density at radius 3 is 1.15 bits per heavy atom. The fourth-order valence-electron chi connectivity index (χ4n) is 1.05. The molecule has 0 aromatic carbocycles. The summed E-state index contributed by atoms with van der Waals surface area (Å²) in [5.74, 6) is -34.5. The molecule has 156 valence electrons. The zero-order chi connectivity index (χ0) is 21.8. The van der Waals surface area contributed by atoms with Crippen LogP contribution in [-0.2, 0) is 9.53 Å². The second-order valence-corrected chi connectivity index (χ2v) is 4.30. The normalized spacial score (nSPS) is 17.8. The maximum Gasteiger partial charge on any atom is 0.460 e. The maximum atomic E-state index is 13.1. The maximum absolute atomic E-state index is 13.1. The zero-order valence-corrected chi connectivity index (χ0v) is 11.1. The van der Waals surface area contributed by atoms with Gasteiger partial charge in [-0.1, -0.05) is 0 Å². The Kier molecular flexibility index (Phi) is 5.58. The van der Waals surface area contributed by atoms with E-state index >= 15 is 0 Å². The molecule has 0 spiro atoms. The van der Waals surface area contributed by atoms with Crippen LogP contribution in [0, 0.1) is 0 Å². The van der Waals surface area contributed by atoms with E-state index in [2.05, 4.69) is 5.73 Å². The first-order chi connectivity index (χ1) is 10.9. The Labute approximate surface area is 130 Å². The van der Waals surface area contributed by atoms with Crippen LogP contribution >= 0.6 is 0 Å². The molecule has 0 saturated heterocycles. The third-order valence-corrected chi connectivity index (χ3v) is 2.46. The minimum absolute atomic E-state index is 1.58. The lowest BCUT2D eigenvalue weighted by Gasteiger charge is -2.38. The van der Waals surface area contributed by atoms with E-state index < -0.39 is 48.0 Å². The molecule has 1 atom stereocenters. The van der Waals surface area contributed by atoms with Gasteiger partial charge in [0.1, 0.15) is 0 Å².